The number of rotatable bonds is 8. The number of carbonyl (C=O) groups is 2. The van der Waals surface area contributed by atoms with Crippen LogP contribution in [0.25, 0.3) is 11.1 Å². The van der Waals surface area contributed by atoms with Gasteiger partial charge < -0.3 is 20.1 Å². The third kappa shape index (κ3) is 5.54. The average Bonchev–Trinajstić information content (AvgIpc) is 4.06. The molecule has 8 heteroatoms. The van der Waals surface area contributed by atoms with Crippen LogP contribution in [0.3, 0.4) is 0 Å². The molecular weight excluding hydrogens is 659 g/mol. The van der Waals surface area contributed by atoms with Crippen molar-refractivity contribution >= 4 is 34.4 Å². The van der Waals surface area contributed by atoms with Gasteiger partial charge in [0.15, 0.2) is 5.60 Å². The number of benzene rings is 4. The smallest absolute Gasteiger partial charge is 0.278 e. The van der Waals surface area contributed by atoms with E-state index in [9.17, 15) is 14.7 Å². The number of H-pyrrole nitrogens is 3. The molecule has 0 radical (unpaired) electrons. The molecule has 7 aromatic rings. The first-order valence-electron chi connectivity index (χ1n) is 17.2. The minimum atomic E-state index is -1.63. The van der Waals surface area contributed by atoms with E-state index in [1.54, 1.807) is 12.1 Å². The lowest BCUT2D eigenvalue weighted by atomic mass is 9.87. The van der Waals surface area contributed by atoms with Crippen LogP contribution in [0, 0.1) is 0 Å². The lowest BCUT2D eigenvalue weighted by Crippen LogP contribution is -2.30. The number of hydrogen-bond acceptors (Lipinski definition) is 3. The van der Waals surface area contributed by atoms with Crippen LogP contribution in [0.2, 0.25) is 0 Å². The van der Waals surface area contributed by atoms with Gasteiger partial charge >= 0.3 is 0 Å². The molecule has 4 aromatic carbocycles. The van der Waals surface area contributed by atoms with Crippen LogP contribution in [0.15, 0.2) is 174 Å². The highest BCUT2D eigenvalue weighted by atomic mass is 16.3. The summed E-state index contributed by atoms with van der Waals surface area (Å²) in [7, 11) is 0. The van der Waals surface area contributed by atoms with Crippen molar-refractivity contribution in [2.24, 2.45) is 9.98 Å². The number of carbonyl (C=O) groups excluding carboxylic acids is 2. The molecule has 2 amide bonds. The number of aromatic nitrogens is 3. The zero-order chi connectivity index (χ0) is 35.9. The van der Waals surface area contributed by atoms with E-state index in [1.807, 2.05) is 146 Å². The van der Waals surface area contributed by atoms with Crippen LogP contribution in [0.1, 0.15) is 55.4 Å². The molecule has 254 valence electrons. The first kappa shape index (κ1) is 31.8. The molecule has 5 heterocycles. The van der Waals surface area contributed by atoms with Gasteiger partial charge in [-0.3, -0.25) is 9.59 Å². The summed E-state index contributed by atoms with van der Waals surface area (Å²) in [6, 6.07) is 48.3. The zero-order valence-corrected chi connectivity index (χ0v) is 28.2. The summed E-state index contributed by atoms with van der Waals surface area (Å²) in [4.78, 5) is 44.1. The van der Waals surface area contributed by atoms with Crippen molar-refractivity contribution < 1.29 is 14.7 Å². The largest absolute Gasteiger partial charge is 0.373 e. The van der Waals surface area contributed by atoms with Gasteiger partial charge in [0.25, 0.3) is 11.8 Å². The molecule has 9 rings (SSSR count). The molecule has 1 atom stereocenters. The summed E-state index contributed by atoms with van der Waals surface area (Å²) >= 11 is 0. The molecule has 0 saturated heterocycles. The van der Waals surface area contributed by atoms with E-state index in [1.165, 1.54) is 6.08 Å². The van der Waals surface area contributed by atoms with Crippen molar-refractivity contribution in [2.75, 3.05) is 0 Å². The first-order valence-corrected chi connectivity index (χ1v) is 17.2. The van der Waals surface area contributed by atoms with Gasteiger partial charge in [-0.1, -0.05) is 109 Å². The fraction of sp³-hybridized carbons (Fsp3) is 0.0222. The van der Waals surface area contributed by atoms with Crippen LogP contribution >= 0.6 is 0 Å². The van der Waals surface area contributed by atoms with Crippen molar-refractivity contribution in [1.82, 2.24) is 15.0 Å². The van der Waals surface area contributed by atoms with Gasteiger partial charge in [0.1, 0.15) is 0 Å². The molecule has 8 nitrogen and oxygen atoms in total. The maximum absolute atomic E-state index is 12.9. The Morgan fingerprint density at radius 2 is 1.11 bits per heavy atom. The molecular formula is C45H31N5O3. The molecule has 1 unspecified atom stereocenters. The van der Waals surface area contributed by atoms with Crippen molar-refractivity contribution in [3.8, 4) is 0 Å². The van der Waals surface area contributed by atoms with Gasteiger partial charge in [-0.25, -0.2) is 9.98 Å². The number of aromatic amines is 3. The second-order valence-electron chi connectivity index (χ2n) is 12.9. The summed E-state index contributed by atoms with van der Waals surface area (Å²) < 4.78 is 0. The van der Waals surface area contributed by atoms with Crippen molar-refractivity contribution in [2.45, 2.75) is 5.60 Å². The van der Waals surface area contributed by atoms with Gasteiger partial charge in [0.05, 0.1) is 34.1 Å². The van der Waals surface area contributed by atoms with Crippen LogP contribution in [-0.4, -0.2) is 43.3 Å². The Bertz CT molecular complexity index is 2770. The number of fused-ring (bicyclic) bond motifs is 1. The third-order valence-corrected chi connectivity index (χ3v) is 9.71. The maximum Gasteiger partial charge on any atom is 0.278 e. The number of allylic oxidation sites excluding steroid dienone is 1. The maximum atomic E-state index is 12.9. The first-order chi connectivity index (χ1) is 26.0. The monoisotopic (exact) mass is 689 g/mol. The van der Waals surface area contributed by atoms with Gasteiger partial charge in [0.2, 0.25) is 0 Å². The minimum absolute atomic E-state index is 0.287. The topological polar surface area (TPSA) is 126 Å². The van der Waals surface area contributed by atoms with Crippen molar-refractivity contribution in [3.63, 3.8) is 0 Å². The molecule has 2 aliphatic rings. The highest BCUT2D eigenvalue weighted by molar-refractivity contribution is 6.34. The Kier molecular flexibility index (Phi) is 7.72. The average molecular weight is 690 g/mol. The van der Waals surface area contributed by atoms with Gasteiger partial charge in [-0.2, -0.15) is 0 Å². The Hall–Kier alpha value is -7.16. The fourth-order valence-corrected chi connectivity index (χ4v) is 7.21. The van der Waals surface area contributed by atoms with Crippen molar-refractivity contribution in [1.29, 1.82) is 0 Å². The summed E-state index contributed by atoms with van der Waals surface area (Å²) in [6.45, 7) is 0. The lowest BCUT2D eigenvalue weighted by Gasteiger charge is -2.27. The summed E-state index contributed by atoms with van der Waals surface area (Å²) in [5.74, 6) is -0.574. The summed E-state index contributed by atoms with van der Waals surface area (Å²) in [6.07, 6.45) is 3.22. The van der Waals surface area contributed by atoms with Gasteiger partial charge in [-0.05, 0) is 65.2 Å². The number of aliphatic imine (C=N–C) groups is 2. The van der Waals surface area contributed by atoms with Crippen LogP contribution in [0.5, 0.6) is 0 Å². The molecule has 4 N–H and O–H groups in total. The SMILES string of the molecule is O=C1C=CC(/C(c2ccccc2)=c2\cc/c(=C(/c3ccccc3)c3ccc(C(O)(c4ccccc4)c4ccc(C5=NC(=O)c6ccccc65)[nH]4)[nH]3)[nH]2)=N1. The molecule has 0 saturated carbocycles. The molecule has 0 fully saturated rings. The predicted molar refractivity (Wildman–Crippen MR) is 205 cm³/mol. The minimum Gasteiger partial charge on any atom is -0.373 e. The lowest BCUT2D eigenvalue weighted by molar-refractivity contribution is -0.113. The van der Waals surface area contributed by atoms with E-state index in [-0.39, 0.29) is 11.8 Å². The number of nitrogens with zero attached hydrogens (tertiary/aromatic N) is 2. The second kappa shape index (κ2) is 12.9. The summed E-state index contributed by atoms with van der Waals surface area (Å²) in [5.41, 5.74) is 7.49. The summed E-state index contributed by atoms with van der Waals surface area (Å²) in [5, 5.41) is 14.5. The number of hydrogen-bond donors (Lipinski definition) is 4. The van der Waals surface area contributed by atoms with E-state index in [0.29, 0.717) is 39.6 Å². The molecule has 0 bridgehead atoms. The molecule has 0 spiro atoms. The number of amides is 2. The van der Waals surface area contributed by atoms with Crippen LogP contribution in [0.4, 0.5) is 0 Å². The van der Waals surface area contributed by atoms with E-state index >= 15 is 0 Å². The number of nitrogens with one attached hydrogen (secondary N) is 3. The van der Waals surface area contributed by atoms with Gasteiger partial charge in [-0.15, -0.1) is 0 Å². The quantitative estimate of drug-likeness (QED) is 0.158. The van der Waals surface area contributed by atoms with Crippen LogP contribution < -0.4 is 10.7 Å². The van der Waals surface area contributed by atoms with E-state index < -0.39 is 5.60 Å². The zero-order valence-electron chi connectivity index (χ0n) is 28.2. The van der Waals surface area contributed by atoms with E-state index in [2.05, 4.69) is 24.9 Å². The fourth-order valence-electron chi connectivity index (χ4n) is 7.21. The van der Waals surface area contributed by atoms with Crippen LogP contribution in [-0.2, 0) is 10.4 Å². The molecule has 0 aliphatic carbocycles. The highest BCUT2D eigenvalue weighted by Crippen LogP contribution is 2.37. The predicted octanol–water partition coefficient (Wildman–Crippen LogP) is 5.93. The molecule has 2 aliphatic heterocycles. The Balaban J connectivity index is 1.21. The van der Waals surface area contributed by atoms with E-state index in [4.69, 9.17) is 0 Å². The third-order valence-electron chi connectivity index (χ3n) is 9.71. The van der Waals surface area contributed by atoms with E-state index in [0.717, 1.165) is 44.2 Å². The Morgan fingerprint density at radius 1 is 0.528 bits per heavy atom. The normalized spacial score (nSPS) is 15.9. The Morgan fingerprint density at radius 3 is 1.79 bits per heavy atom. The van der Waals surface area contributed by atoms with Gasteiger partial charge in [0, 0.05) is 39.2 Å². The molecule has 53 heavy (non-hydrogen) atoms. The molecule has 3 aromatic heterocycles. The highest BCUT2D eigenvalue weighted by Gasteiger charge is 2.38. The standard InChI is InChI=1S/C45H31N5O3/c51-40-27-24-36(49-40)42(29-14-6-2-7-15-29)34-21-20-33(46-34)41(28-12-4-1-5-13-28)35-22-25-38(47-35)45(53,30-16-8-3-9-17-30)39-26-23-37(48-39)43-31-18-10-11-19-32(31)44(52)50-43/h1-27,46-48,53H/b41-33+,42-34+. The number of aliphatic hydroxyl groups is 1. The van der Waals surface area contributed by atoms with Crippen molar-refractivity contribution in [3.05, 3.63) is 225 Å². The Labute approximate surface area is 304 Å². The second-order valence-corrected chi connectivity index (χ2v) is 12.9.